The van der Waals surface area contributed by atoms with E-state index < -0.39 is 13.2 Å². The molecular formula is C33H48F4O2. The molecule has 220 valence electrons. The number of hydrogen-bond donors (Lipinski definition) is 0. The van der Waals surface area contributed by atoms with Crippen LogP contribution in [0, 0.1) is 17.8 Å². The average Bonchev–Trinajstić information content (AvgIpc) is 3.46. The molecule has 2 aromatic rings. The van der Waals surface area contributed by atoms with Gasteiger partial charge in [-0.1, -0.05) is 93.0 Å². The van der Waals surface area contributed by atoms with Crippen molar-refractivity contribution in [3.05, 3.63) is 58.7 Å². The smallest absolute Gasteiger partial charge is 0.387 e. The highest BCUT2D eigenvalue weighted by atomic mass is 19.3. The van der Waals surface area contributed by atoms with E-state index in [0.29, 0.717) is 29.3 Å². The van der Waals surface area contributed by atoms with Crippen LogP contribution in [-0.2, 0) is 23.7 Å². The van der Waals surface area contributed by atoms with Gasteiger partial charge in [-0.3, -0.25) is 0 Å². The van der Waals surface area contributed by atoms with E-state index in [4.69, 9.17) is 4.74 Å². The van der Waals surface area contributed by atoms with Crippen LogP contribution in [0.3, 0.4) is 0 Å². The summed E-state index contributed by atoms with van der Waals surface area (Å²) in [5.74, 6) is 2.15. The lowest BCUT2D eigenvalue weighted by Crippen LogP contribution is -2.36. The van der Waals surface area contributed by atoms with Gasteiger partial charge >= 0.3 is 13.2 Å². The van der Waals surface area contributed by atoms with Crippen LogP contribution in [0.5, 0.6) is 11.5 Å². The summed E-state index contributed by atoms with van der Waals surface area (Å²) in [7, 11) is 0. The van der Waals surface area contributed by atoms with Crippen molar-refractivity contribution in [3.8, 4) is 11.5 Å². The molecule has 6 heteroatoms. The maximum atomic E-state index is 12.5. The molecule has 4 rings (SSSR count). The second-order valence-electron chi connectivity index (χ2n) is 11.4. The topological polar surface area (TPSA) is 18.5 Å². The highest BCUT2D eigenvalue weighted by Crippen LogP contribution is 2.52. The van der Waals surface area contributed by atoms with Crippen molar-refractivity contribution in [1.29, 1.82) is 0 Å². The Morgan fingerprint density at radius 3 is 1.87 bits per heavy atom. The van der Waals surface area contributed by atoms with Crippen molar-refractivity contribution < 1.29 is 27.0 Å². The van der Waals surface area contributed by atoms with Gasteiger partial charge in [0.2, 0.25) is 0 Å². The van der Waals surface area contributed by atoms with E-state index in [9.17, 15) is 17.6 Å². The summed E-state index contributed by atoms with van der Waals surface area (Å²) in [5, 5.41) is 0. The number of halogens is 4. The zero-order chi connectivity index (χ0) is 29.5. The molecule has 3 atom stereocenters. The molecule has 2 aliphatic rings. The fourth-order valence-corrected chi connectivity index (χ4v) is 6.70. The van der Waals surface area contributed by atoms with Gasteiger partial charge < -0.3 is 9.47 Å². The van der Waals surface area contributed by atoms with E-state index >= 15 is 0 Å². The minimum Gasteiger partial charge on any atom is -0.435 e. The summed E-state index contributed by atoms with van der Waals surface area (Å²) in [5.41, 5.74) is 4.38. The SMILES string of the molecule is CC.CC(C)C1(C)CCc2cccc(OC(F)F)c21.CCC(C)C1(C(C)C)CCc2c(OC(F)F)cccc21. The molecule has 0 aliphatic heterocycles. The Labute approximate surface area is 233 Å². The summed E-state index contributed by atoms with van der Waals surface area (Å²) in [4.78, 5) is 0. The molecular weight excluding hydrogens is 504 g/mol. The van der Waals surface area contributed by atoms with Crippen molar-refractivity contribution in [2.24, 2.45) is 17.8 Å². The number of fused-ring (bicyclic) bond motifs is 2. The zero-order valence-electron chi connectivity index (χ0n) is 25.2. The van der Waals surface area contributed by atoms with Gasteiger partial charge in [-0.25, -0.2) is 0 Å². The van der Waals surface area contributed by atoms with E-state index in [0.717, 1.165) is 48.8 Å². The first-order valence-electron chi connectivity index (χ1n) is 14.5. The van der Waals surface area contributed by atoms with Gasteiger partial charge in [-0.2, -0.15) is 17.6 Å². The van der Waals surface area contributed by atoms with Gasteiger partial charge in [-0.15, -0.1) is 0 Å². The highest BCUT2D eigenvalue weighted by molar-refractivity contribution is 5.50. The first-order chi connectivity index (χ1) is 18.4. The third-order valence-corrected chi connectivity index (χ3v) is 9.25. The molecule has 3 unspecified atom stereocenters. The van der Waals surface area contributed by atoms with Crippen LogP contribution in [0.4, 0.5) is 17.6 Å². The summed E-state index contributed by atoms with van der Waals surface area (Å²) in [6.07, 6.45) is 4.91. The van der Waals surface area contributed by atoms with E-state index in [-0.39, 0.29) is 10.8 Å². The third kappa shape index (κ3) is 6.74. The maximum Gasteiger partial charge on any atom is 0.387 e. The van der Waals surface area contributed by atoms with Crippen molar-refractivity contribution in [2.75, 3.05) is 0 Å². The fourth-order valence-electron chi connectivity index (χ4n) is 6.70. The van der Waals surface area contributed by atoms with Crippen molar-refractivity contribution in [1.82, 2.24) is 0 Å². The minimum atomic E-state index is -2.75. The van der Waals surface area contributed by atoms with Crippen LogP contribution < -0.4 is 9.47 Å². The Morgan fingerprint density at radius 2 is 1.33 bits per heavy atom. The lowest BCUT2D eigenvalue weighted by atomic mass is 9.64. The van der Waals surface area contributed by atoms with Gasteiger partial charge in [-0.05, 0) is 77.7 Å². The van der Waals surface area contributed by atoms with Crippen molar-refractivity contribution in [2.45, 2.75) is 118 Å². The summed E-state index contributed by atoms with van der Waals surface area (Å²) in [6.45, 7) is 13.9. The summed E-state index contributed by atoms with van der Waals surface area (Å²) < 4.78 is 59.3. The predicted molar refractivity (Wildman–Crippen MR) is 152 cm³/mol. The molecule has 2 aromatic carbocycles. The van der Waals surface area contributed by atoms with Gasteiger partial charge in [0.15, 0.2) is 0 Å². The van der Waals surface area contributed by atoms with Crippen LogP contribution in [0.15, 0.2) is 36.4 Å². The molecule has 0 radical (unpaired) electrons. The Kier molecular flexibility index (Phi) is 11.7. The molecule has 0 heterocycles. The fraction of sp³-hybridized carbons (Fsp3) is 0.636. The predicted octanol–water partition coefficient (Wildman–Crippen LogP) is 10.3. The maximum absolute atomic E-state index is 12.5. The third-order valence-electron chi connectivity index (χ3n) is 9.25. The largest absolute Gasteiger partial charge is 0.435 e. The van der Waals surface area contributed by atoms with Gasteiger partial charge in [0.05, 0.1) is 0 Å². The van der Waals surface area contributed by atoms with E-state index in [1.165, 1.54) is 5.56 Å². The summed E-state index contributed by atoms with van der Waals surface area (Å²) in [6, 6.07) is 11.1. The van der Waals surface area contributed by atoms with E-state index in [1.807, 2.05) is 26.0 Å². The van der Waals surface area contributed by atoms with Crippen molar-refractivity contribution in [3.63, 3.8) is 0 Å². The number of benzene rings is 2. The van der Waals surface area contributed by atoms with Gasteiger partial charge in [0.25, 0.3) is 0 Å². The second kappa shape index (κ2) is 13.9. The molecule has 39 heavy (non-hydrogen) atoms. The minimum absolute atomic E-state index is 0.0547. The first-order valence-corrected chi connectivity index (χ1v) is 14.5. The lowest BCUT2D eigenvalue weighted by Gasteiger charge is -2.40. The molecule has 0 N–H and O–H groups in total. The molecule has 0 amide bonds. The average molecular weight is 553 g/mol. The molecule has 0 saturated heterocycles. The van der Waals surface area contributed by atoms with Crippen LogP contribution in [0.25, 0.3) is 0 Å². The number of rotatable bonds is 8. The zero-order valence-corrected chi connectivity index (χ0v) is 25.2. The lowest BCUT2D eigenvalue weighted by molar-refractivity contribution is -0.0515. The molecule has 2 aliphatic carbocycles. The van der Waals surface area contributed by atoms with E-state index in [1.54, 1.807) is 18.2 Å². The molecule has 0 aromatic heterocycles. The summed E-state index contributed by atoms with van der Waals surface area (Å²) >= 11 is 0. The normalized spacial score (nSPS) is 22.2. The quantitative estimate of drug-likeness (QED) is 0.303. The number of ether oxygens (including phenoxy) is 2. The first kappa shape index (κ1) is 33.0. The van der Waals surface area contributed by atoms with Gasteiger partial charge in [0.1, 0.15) is 11.5 Å². The Balaban J connectivity index is 0.000000260. The standard InChI is InChI=1S/C17H24F2O.C14H18F2O.C2H6/c1-5-12(4)17(11(2)3)10-9-13-14(17)7-6-8-15(13)20-16(18)19;1-9(2)14(3)8-7-10-5-4-6-11(12(10)14)17-13(15)16;1-2/h6-8,11-12,16H,5,9-10H2,1-4H3;4-6,9,13H,7-8H2,1-3H3;1-2H3. The molecule has 0 bridgehead atoms. The van der Waals surface area contributed by atoms with Crippen LogP contribution in [-0.4, -0.2) is 13.2 Å². The van der Waals surface area contributed by atoms with Crippen molar-refractivity contribution >= 4 is 0 Å². The number of aryl methyl sites for hydroxylation is 1. The highest BCUT2D eigenvalue weighted by Gasteiger charge is 2.45. The van der Waals surface area contributed by atoms with Crippen LogP contribution in [0.1, 0.15) is 104 Å². The number of hydrogen-bond acceptors (Lipinski definition) is 2. The Morgan fingerprint density at radius 1 is 0.769 bits per heavy atom. The monoisotopic (exact) mass is 552 g/mol. The van der Waals surface area contributed by atoms with Gasteiger partial charge in [0, 0.05) is 11.0 Å². The van der Waals surface area contributed by atoms with Crippen LogP contribution >= 0.6 is 0 Å². The van der Waals surface area contributed by atoms with E-state index in [2.05, 4.69) is 59.3 Å². The molecule has 0 saturated carbocycles. The van der Waals surface area contributed by atoms with Crippen LogP contribution in [0.2, 0.25) is 0 Å². The second-order valence-corrected chi connectivity index (χ2v) is 11.4. The Hall–Kier alpha value is -2.24. The molecule has 0 fully saturated rings. The number of alkyl halides is 4. The molecule has 0 spiro atoms. The molecule has 2 nitrogen and oxygen atoms in total. The Bertz CT molecular complexity index is 1050.